The van der Waals surface area contributed by atoms with Gasteiger partial charge >= 0.3 is 0 Å². The van der Waals surface area contributed by atoms with Crippen molar-refractivity contribution in [3.05, 3.63) is 12.2 Å². The fraction of sp³-hybridized carbons (Fsp3) is 0.833. The normalized spacial score (nSPS) is 20.8. The number of aliphatic imine (C=N–C) groups is 1. The van der Waals surface area contributed by atoms with Crippen molar-refractivity contribution in [3.8, 4) is 0 Å². The molecular weight excluding hydrogens is 427 g/mol. The van der Waals surface area contributed by atoms with Gasteiger partial charge in [0.05, 0.1) is 0 Å². The summed E-state index contributed by atoms with van der Waals surface area (Å²) in [6.07, 6.45) is 9.49. The molecule has 0 atom stereocenters. The van der Waals surface area contributed by atoms with E-state index in [-0.39, 0.29) is 24.0 Å². The topological polar surface area (TPSA) is 67.1 Å². The van der Waals surface area contributed by atoms with E-state index in [1.54, 1.807) is 6.33 Å². The number of nitrogens with one attached hydrogen (secondary N) is 2. The predicted molar refractivity (Wildman–Crippen MR) is 115 cm³/mol. The average Bonchev–Trinajstić information content (AvgIpc) is 3.07. The van der Waals surface area contributed by atoms with Gasteiger partial charge in [0.2, 0.25) is 0 Å². The van der Waals surface area contributed by atoms with Crippen LogP contribution in [0.1, 0.15) is 58.7 Å². The SMILES string of the molecule is CCNC(=NCC1CCC(CC)CC1)NCCn1cnnc1CC.I. The number of aryl methyl sites for hydroxylation is 1. The van der Waals surface area contributed by atoms with E-state index in [4.69, 9.17) is 4.99 Å². The van der Waals surface area contributed by atoms with E-state index in [9.17, 15) is 0 Å². The van der Waals surface area contributed by atoms with E-state index in [1.165, 1.54) is 32.1 Å². The summed E-state index contributed by atoms with van der Waals surface area (Å²) in [5.41, 5.74) is 0. The molecule has 0 aromatic carbocycles. The fourth-order valence-corrected chi connectivity index (χ4v) is 3.42. The molecule has 1 fully saturated rings. The maximum absolute atomic E-state index is 4.80. The molecule has 0 saturated heterocycles. The molecule has 25 heavy (non-hydrogen) atoms. The zero-order valence-corrected chi connectivity index (χ0v) is 18.3. The third kappa shape index (κ3) is 7.50. The second-order valence-electron chi connectivity index (χ2n) is 6.74. The van der Waals surface area contributed by atoms with Crippen LogP contribution in [0, 0.1) is 11.8 Å². The van der Waals surface area contributed by atoms with Gasteiger partial charge in [0.25, 0.3) is 0 Å². The number of nitrogens with zero attached hydrogens (tertiary/aromatic N) is 4. The van der Waals surface area contributed by atoms with Crippen molar-refractivity contribution in [2.75, 3.05) is 19.6 Å². The Hall–Kier alpha value is -0.860. The second kappa shape index (κ2) is 12.5. The zero-order valence-electron chi connectivity index (χ0n) is 16.0. The lowest BCUT2D eigenvalue weighted by Gasteiger charge is -2.26. The number of guanidine groups is 1. The molecule has 1 aliphatic rings. The lowest BCUT2D eigenvalue weighted by molar-refractivity contribution is 0.274. The summed E-state index contributed by atoms with van der Waals surface area (Å²) in [7, 11) is 0. The summed E-state index contributed by atoms with van der Waals surface area (Å²) in [4.78, 5) is 4.80. The molecule has 1 heterocycles. The van der Waals surface area contributed by atoms with Crippen molar-refractivity contribution >= 4 is 29.9 Å². The zero-order chi connectivity index (χ0) is 17.2. The van der Waals surface area contributed by atoms with Gasteiger partial charge < -0.3 is 15.2 Å². The highest BCUT2D eigenvalue weighted by atomic mass is 127. The van der Waals surface area contributed by atoms with Crippen LogP contribution in [0.3, 0.4) is 0 Å². The van der Waals surface area contributed by atoms with Gasteiger partial charge in [0.1, 0.15) is 12.2 Å². The van der Waals surface area contributed by atoms with Crippen LogP contribution in [0.2, 0.25) is 0 Å². The number of aromatic nitrogens is 3. The van der Waals surface area contributed by atoms with Crippen LogP contribution in [0.5, 0.6) is 0 Å². The maximum atomic E-state index is 4.80. The van der Waals surface area contributed by atoms with Crippen molar-refractivity contribution in [1.29, 1.82) is 0 Å². The first-order valence-electron chi connectivity index (χ1n) is 9.65. The number of hydrogen-bond donors (Lipinski definition) is 2. The van der Waals surface area contributed by atoms with Crippen molar-refractivity contribution in [3.63, 3.8) is 0 Å². The molecule has 2 rings (SSSR count). The molecule has 0 amide bonds. The molecule has 1 aromatic heterocycles. The van der Waals surface area contributed by atoms with Crippen molar-refractivity contribution in [2.45, 2.75) is 65.8 Å². The quantitative estimate of drug-likeness (QED) is 0.354. The predicted octanol–water partition coefficient (Wildman–Crippen LogP) is 3.23. The Morgan fingerprint density at radius 3 is 2.52 bits per heavy atom. The monoisotopic (exact) mass is 462 g/mol. The fourth-order valence-electron chi connectivity index (χ4n) is 3.42. The molecule has 0 unspecified atom stereocenters. The number of hydrogen-bond acceptors (Lipinski definition) is 3. The Morgan fingerprint density at radius 2 is 1.88 bits per heavy atom. The Bertz CT molecular complexity index is 494. The molecule has 6 nitrogen and oxygen atoms in total. The van der Waals surface area contributed by atoms with Crippen molar-refractivity contribution < 1.29 is 0 Å². The summed E-state index contributed by atoms with van der Waals surface area (Å²) >= 11 is 0. The van der Waals surface area contributed by atoms with E-state index >= 15 is 0 Å². The lowest BCUT2D eigenvalue weighted by Crippen LogP contribution is -2.39. The van der Waals surface area contributed by atoms with Gasteiger partial charge in [0.15, 0.2) is 5.96 Å². The van der Waals surface area contributed by atoms with Crippen LogP contribution < -0.4 is 10.6 Å². The summed E-state index contributed by atoms with van der Waals surface area (Å²) in [6.45, 7) is 10.1. The molecule has 1 aromatic rings. The van der Waals surface area contributed by atoms with Crippen LogP contribution in [-0.4, -0.2) is 40.4 Å². The van der Waals surface area contributed by atoms with E-state index < -0.39 is 0 Å². The minimum atomic E-state index is 0. The Morgan fingerprint density at radius 1 is 1.16 bits per heavy atom. The van der Waals surface area contributed by atoms with Gasteiger partial charge in [-0.25, -0.2) is 0 Å². The van der Waals surface area contributed by atoms with Crippen LogP contribution in [0.15, 0.2) is 11.3 Å². The summed E-state index contributed by atoms with van der Waals surface area (Å²) in [5.74, 6) is 3.67. The Kier molecular flexibility index (Phi) is 11.1. The minimum Gasteiger partial charge on any atom is -0.357 e. The molecule has 1 saturated carbocycles. The summed E-state index contributed by atoms with van der Waals surface area (Å²) < 4.78 is 2.10. The van der Waals surface area contributed by atoms with Crippen LogP contribution in [-0.2, 0) is 13.0 Å². The van der Waals surface area contributed by atoms with E-state index in [0.29, 0.717) is 0 Å². The van der Waals surface area contributed by atoms with Gasteiger partial charge in [-0.05, 0) is 31.6 Å². The average molecular weight is 462 g/mol. The highest BCUT2D eigenvalue weighted by Crippen LogP contribution is 2.30. The first-order chi connectivity index (χ1) is 11.8. The van der Waals surface area contributed by atoms with Gasteiger partial charge in [-0.2, -0.15) is 0 Å². The number of halogens is 1. The third-order valence-corrected chi connectivity index (χ3v) is 5.05. The largest absolute Gasteiger partial charge is 0.357 e. The maximum Gasteiger partial charge on any atom is 0.191 e. The molecule has 1 aliphatic carbocycles. The molecular formula is C18H35IN6. The van der Waals surface area contributed by atoms with Gasteiger partial charge in [-0.15, -0.1) is 34.2 Å². The number of rotatable bonds is 8. The molecule has 0 spiro atoms. The minimum absolute atomic E-state index is 0. The molecule has 0 bridgehead atoms. The molecule has 0 radical (unpaired) electrons. The molecule has 7 heteroatoms. The lowest BCUT2D eigenvalue weighted by atomic mass is 9.81. The van der Waals surface area contributed by atoms with Crippen molar-refractivity contribution in [1.82, 2.24) is 25.4 Å². The standard InChI is InChI=1S/C18H34N6.HI/c1-4-15-7-9-16(10-8-15)13-21-18(19-6-3)20-11-12-24-14-22-23-17(24)5-2;/h14-16H,4-13H2,1-3H3,(H2,19,20,21);1H. The van der Waals surface area contributed by atoms with E-state index in [0.717, 1.165) is 56.2 Å². The second-order valence-corrected chi connectivity index (χ2v) is 6.74. The highest BCUT2D eigenvalue weighted by molar-refractivity contribution is 14.0. The van der Waals surface area contributed by atoms with E-state index in [2.05, 4.69) is 46.2 Å². The van der Waals surface area contributed by atoms with Crippen LogP contribution >= 0.6 is 24.0 Å². The van der Waals surface area contributed by atoms with Gasteiger partial charge in [0, 0.05) is 32.6 Å². The highest BCUT2D eigenvalue weighted by Gasteiger charge is 2.19. The summed E-state index contributed by atoms with van der Waals surface area (Å²) in [6, 6.07) is 0. The van der Waals surface area contributed by atoms with Gasteiger partial charge in [-0.1, -0.05) is 33.1 Å². The summed E-state index contributed by atoms with van der Waals surface area (Å²) in [5, 5.41) is 14.9. The third-order valence-electron chi connectivity index (χ3n) is 5.05. The molecule has 2 N–H and O–H groups in total. The van der Waals surface area contributed by atoms with E-state index in [1.807, 2.05) is 0 Å². The van der Waals surface area contributed by atoms with Crippen LogP contribution in [0.25, 0.3) is 0 Å². The molecule has 0 aliphatic heterocycles. The Balaban J connectivity index is 0.00000312. The first kappa shape index (κ1) is 22.2. The van der Waals surface area contributed by atoms with Crippen molar-refractivity contribution in [2.24, 2.45) is 16.8 Å². The first-order valence-corrected chi connectivity index (χ1v) is 9.65. The Labute approximate surface area is 169 Å². The molecule has 144 valence electrons. The van der Waals surface area contributed by atoms with Crippen LogP contribution in [0.4, 0.5) is 0 Å². The smallest absolute Gasteiger partial charge is 0.191 e. The van der Waals surface area contributed by atoms with Gasteiger partial charge in [-0.3, -0.25) is 4.99 Å².